The van der Waals surface area contributed by atoms with Gasteiger partial charge in [0.2, 0.25) is 5.22 Å². The smallest absolute Gasteiger partial charge is 0.279 e. The monoisotopic (exact) mass is 251 g/mol. The maximum atomic E-state index is 11.5. The van der Waals surface area contributed by atoms with Crippen LogP contribution in [0.25, 0.3) is 0 Å². The molecule has 1 aromatic heterocycles. The summed E-state index contributed by atoms with van der Waals surface area (Å²) in [7, 11) is 0. The summed E-state index contributed by atoms with van der Waals surface area (Å²) >= 11 is 5.65. The Kier molecular flexibility index (Phi) is 3.80. The number of benzene rings is 1. The number of rotatable bonds is 4. The highest BCUT2D eigenvalue weighted by atomic mass is 35.5. The van der Waals surface area contributed by atoms with Crippen molar-refractivity contribution in [1.82, 2.24) is 5.48 Å². The quantitative estimate of drug-likeness (QED) is 0.850. The van der Waals surface area contributed by atoms with E-state index in [2.05, 4.69) is 5.48 Å². The van der Waals surface area contributed by atoms with Crippen LogP contribution < -0.4 is 5.48 Å². The molecule has 1 heterocycles. The average molecular weight is 252 g/mol. The van der Waals surface area contributed by atoms with Gasteiger partial charge in [-0.2, -0.15) is 0 Å². The van der Waals surface area contributed by atoms with Crippen LogP contribution >= 0.6 is 11.6 Å². The zero-order valence-corrected chi connectivity index (χ0v) is 9.61. The molecule has 4 nitrogen and oxygen atoms in total. The van der Waals surface area contributed by atoms with Crippen LogP contribution in [0.2, 0.25) is 5.22 Å². The van der Waals surface area contributed by atoms with E-state index in [0.717, 1.165) is 5.56 Å². The molecule has 0 spiro atoms. The minimum absolute atomic E-state index is 0.0470. The van der Waals surface area contributed by atoms with Gasteiger partial charge in [0.25, 0.3) is 5.91 Å². The maximum Gasteiger partial charge on any atom is 0.279 e. The summed E-state index contributed by atoms with van der Waals surface area (Å²) in [5.74, 6) is -0.431. The van der Waals surface area contributed by atoms with Gasteiger partial charge in [-0.15, -0.1) is 0 Å². The molecule has 0 atom stereocenters. The van der Waals surface area contributed by atoms with Crippen molar-refractivity contribution < 1.29 is 14.0 Å². The summed E-state index contributed by atoms with van der Waals surface area (Å²) in [6.45, 7) is 0.294. The first-order valence-electron chi connectivity index (χ1n) is 4.96. The first kappa shape index (κ1) is 11.7. The Labute approximate surface area is 103 Å². The molecule has 0 aliphatic rings. The number of hydroxylamine groups is 1. The van der Waals surface area contributed by atoms with E-state index in [1.807, 2.05) is 30.3 Å². The molecular weight excluding hydrogens is 242 g/mol. The lowest BCUT2D eigenvalue weighted by Crippen LogP contribution is -2.23. The predicted octanol–water partition coefficient (Wildman–Crippen LogP) is 2.79. The number of hydrogen-bond acceptors (Lipinski definition) is 3. The zero-order chi connectivity index (χ0) is 12.1. The maximum absolute atomic E-state index is 11.5. The molecule has 17 heavy (non-hydrogen) atoms. The van der Waals surface area contributed by atoms with Crippen molar-refractivity contribution in [2.24, 2.45) is 0 Å². The van der Waals surface area contributed by atoms with Gasteiger partial charge in [0, 0.05) is 0 Å². The zero-order valence-electron chi connectivity index (χ0n) is 8.85. The van der Waals surface area contributed by atoms with Crippen LogP contribution in [0, 0.1) is 0 Å². The second kappa shape index (κ2) is 5.52. The minimum atomic E-state index is -0.431. The van der Waals surface area contributed by atoms with Crippen molar-refractivity contribution in [1.29, 1.82) is 0 Å². The summed E-state index contributed by atoms with van der Waals surface area (Å²) in [6.07, 6.45) is 1.34. The van der Waals surface area contributed by atoms with Gasteiger partial charge in [0.1, 0.15) is 0 Å². The third kappa shape index (κ3) is 3.09. The number of carbonyl (C=O) groups excluding carboxylic acids is 1. The third-order valence-corrected chi connectivity index (χ3v) is 2.40. The van der Waals surface area contributed by atoms with Gasteiger partial charge in [-0.1, -0.05) is 30.3 Å². The van der Waals surface area contributed by atoms with Gasteiger partial charge in [-0.3, -0.25) is 9.63 Å². The fraction of sp³-hybridized carbons (Fsp3) is 0.0833. The molecule has 0 bridgehead atoms. The fourth-order valence-corrected chi connectivity index (χ4v) is 1.47. The van der Waals surface area contributed by atoms with Gasteiger partial charge in [-0.25, -0.2) is 5.48 Å². The molecule has 0 aliphatic carbocycles. The Hall–Kier alpha value is -1.78. The standard InChI is InChI=1S/C12H10ClNO3/c13-11-10(6-7-16-11)12(15)14-17-8-9-4-2-1-3-5-9/h1-7H,8H2,(H,14,15). The molecule has 1 N–H and O–H groups in total. The van der Waals surface area contributed by atoms with Crippen LogP contribution in [-0.4, -0.2) is 5.91 Å². The van der Waals surface area contributed by atoms with Gasteiger partial charge < -0.3 is 4.42 Å². The molecule has 2 aromatic rings. The van der Waals surface area contributed by atoms with Crippen LogP contribution in [0.4, 0.5) is 0 Å². The fourth-order valence-electron chi connectivity index (χ4n) is 1.27. The number of nitrogens with one attached hydrogen (secondary N) is 1. The molecule has 0 aliphatic heterocycles. The van der Waals surface area contributed by atoms with Crippen molar-refractivity contribution in [3.05, 3.63) is 59.0 Å². The first-order chi connectivity index (χ1) is 8.27. The van der Waals surface area contributed by atoms with Crippen molar-refractivity contribution in [2.45, 2.75) is 6.61 Å². The second-order valence-corrected chi connectivity index (χ2v) is 3.66. The topological polar surface area (TPSA) is 51.5 Å². The van der Waals surface area contributed by atoms with E-state index in [4.69, 9.17) is 20.9 Å². The molecule has 2 rings (SSSR count). The lowest BCUT2D eigenvalue weighted by Gasteiger charge is -2.04. The highest BCUT2D eigenvalue weighted by molar-refractivity contribution is 6.32. The normalized spacial score (nSPS) is 10.2. The highest BCUT2D eigenvalue weighted by Gasteiger charge is 2.12. The van der Waals surface area contributed by atoms with E-state index in [-0.39, 0.29) is 10.8 Å². The molecule has 0 fully saturated rings. The van der Waals surface area contributed by atoms with Gasteiger partial charge in [0.15, 0.2) is 0 Å². The number of amides is 1. The Morgan fingerprint density at radius 2 is 2.06 bits per heavy atom. The van der Waals surface area contributed by atoms with Crippen LogP contribution in [0.15, 0.2) is 47.1 Å². The molecule has 0 unspecified atom stereocenters. The van der Waals surface area contributed by atoms with Crippen LogP contribution in [0.1, 0.15) is 15.9 Å². The van der Waals surface area contributed by atoms with Crippen LogP contribution in [0.3, 0.4) is 0 Å². The molecule has 0 saturated heterocycles. The third-order valence-electron chi connectivity index (χ3n) is 2.11. The molecule has 1 aromatic carbocycles. The summed E-state index contributed by atoms with van der Waals surface area (Å²) < 4.78 is 4.80. The second-order valence-electron chi connectivity index (χ2n) is 3.31. The number of furan rings is 1. The van der Waals surface area contributed by atoms with Crippen LogP contribution in [-0.2, 0) is 11.4 Å². The van der Waals surface area contributed by atoms with E-state index in [1.165, 1.54) is 12.3 Å². The van der Waals surface area contributed by atoms with Crippen molar-refractivity contribution in [3.63, 3.8) is 0 Å². The van der Waals surface area contributed by atoms with E-state index < -0.39 is 5.91 Å². The Balaban J connectivity index is 1.84. The molecule has 88 valence electrons. The largest absolute Gasteiger partial charge is 0.452 e. The lowest BCUT2D eigenvalue weighted by atomic mass is 10.2. The van der Waals surface area contributed by atoms with Gasteiger partial charge in [-0.05, 0) is 23.2 Å². The van der Waals surface area contributed by atoms with Crippen molar-refractivity contribution in [3.8, 4) is 0 Å². The molecule has 5 heteroatoms. The highest BCUT2D eigenvalue weighted by Crippen LogP contribution is 2.16. The van der Waals surface area contributed by atoms with Crippen LogP contribution in [0.5, 0.6) is 0 Å². The van der Waals surface area contributed by atoms with E-state index in [0.29, 0.717) is 6.61 Å². The number of hydrogen-bond donors (Lipinski definition) is 1. The number of carbonyl (C=O) groups is 1. The summed E-state index contributed by atoms with van der Waals surface area (Å²) in [6, 6.07) is 11.0. The Morgan fingerprint density at radius 1 is 1.29 bits per heavy atom. The van der Waals surface area contributed by atoms with E-state index >= 15 is 0 Å². The molecular formula is C12H10ClNO3. The summed E-state index contributed by atoms with van der Waals surface area (Å²) in [5.41, 5.74) is 3.50. The lowest BCUT2D eigenvalue weighted by molar-refractivity contribution is 0.0233. The molecule has 0 saturated carbocycles. The molecule has 1 amide bonds. The Morgan fingerprint density at radius 3 is 2.71 bits per heavy atom. The van der Waals surface area contributed by atoms with Crippen molar-refractivity contribution >= 4 is 17.5 Å². The van der Waals surface area contributed by atoms with E-state index in [9.17, 15) is 4.79 Å². The van der Waals surface area contributed by atoms with Gasteiger partial charge >= 0.3 is 0 Å². The predicted molar refractivity (Wildman–Crippen MR) is 62.4 cm³/mol. The first-order valence-corrected chi connectivity index (χ1v) is 5.34. The van der Waals surface area contributed by atoms with E-state index in [1.54, 1.807) is 0 Å². The molecule has 0 radical (unpaired) electrons. The minimum Gasteiger partial charge on any atom is -0.452 e. The average Bonchev–Trinajstić information content (AvgIpc) is 2.77. The summed E-state index contributed by atoms with van der Waals surface area (Å²) in [4.78, 5) is 16.6. The summed E-state index contributed by atoms with van der Waals surface area (Å²) in [5, 5.41) is 0.0470. The van der Waals surface area contributed by atoms with Crippen molar-refractivity contribution in [2.75, 3.05) is 0 Å². The van der Waals surface area contributed by atoms with Gasteiger partial charge in [0.05, 0.1) is 18.4 Å². The number of halogens is 1. The SMILES string of the molecule is O=C(NOCc1ccccc1)c1ccoc1Cl. The Bertz CT molecular complexity index is 495.